The van der Waals surface area contributed by atoms with Crippen LogP contribution < -0.4 is 14.8 Å². The van der Waals surface area contributed by atoms with Crippen LogP contribution in [0, 0.1) is 0 Å². The van der Waals surface area contributed by atoms with E-state index in [9.17, 15) is 9.90 Å². The minimum absolute atomic E-state index is 0.0302. The number of carboxylic acids is 1. The molecule has 0 amide bonds. The summed E-state index contributed by atoms with van der Waals surface area (Å²) in [6.07, 6.45) is 4.34. The Balaban J connectivity index is 1.33. The molecule has 6 nitrogen and oxygen atoms in total. The second-order valence-electron chi connectivity index (χ2n) is 8.98. The maximum Gasteiger partial charge on any atom is 0.303 e. The van der Waals surface area contributed by atoms with Crippen LogP contribution in [0.4, 0.5) is 5.82 Å². The molecule has 1 aromatic heterocycles. The van der Waals surface area contributed by atoms with E-state index in [0.29, 0.717) is 13.0 Å². The second kappa shape index (κ2) is 11.1. The molecule has 0 saturated heterocycles. The molecule has 6 heteroatoms. The first-order valence-corrected chi connectivity index (χ1v) is 11.9. The average Bonchev–Trinajstić information content (AvgIpc) is 2.94. The first-order valence-electron chi connectivity index (χ1n) is 11.9. The van der Waals surface area contributed by atoms with Crippen LogP contribution in [0.3, 0.4) is 0 Å². The second-order valence-corrected chi connectivity index (χ2v) is 8.98. The van der Waals surface area contributed by atoms with Crippen molar-refractivity contribution in [2.45, 2.75) is 51.6 Å². The van der Waals surface area contributed by atoms with E-state index >= 15 is 0 Å². The summed E-state index contributed by atoms with van der Waals surface area (Å²) in [6, 6.07) is 18.2. The van der Waals surface area contributed by atoms with Gasteiger partial charge in [0, 0.05) is 18.8 Å². The first kappa shape index (κ1) is 23.6. The van der Waals surface area contributed by atoms with Gasteiger partial charge in [-0.3, -0.25) is 4.79 Å². The third-order valence-electron chi connectivity index (χ3n) is 5.94. The van der Waals surface area contributed by atoms with Crippen molar-refractivity contribution in [1.82, 2.24) is 4.98 Å². The highest BCUT2D eigenvalue weighted by Crippen LogP contribution is 2.35. The van der Waals surface area contributed by atoms with E-state index in [4.69, 9.17) is 9.47 Å². The summed E-state index contributed by atoms with van der Waals surface area (Å²) in [7, 11) is 0. The number of benzene rings is 2. The number of nitrogens with one attached hydrogen (secondary N) is 1. The number of carboxylic acid groups (broad SMARTS) is 1. The van der Waals surface area contributed by atoms with Gasteiger partial charge in [-0.25, -0.2) is 4.98 Å². The molecule has 0 fully saturated rings. The van der Waals surface area contributed by atoms with Gasteiger partial charge >= 0.3 is 5.97 Å². The number of aromatic nitrogens is 1. The van der Waals surface area contributed by atoms with Crippen molar-refractivity contribution in [2.75, 3.05) is 18.5 Å². The van der Waals surface area contributed by atoms with Crippen LogP contribution in [0.25, 0.3) is 0 Å². The normalized spacial score (nSPS) is 14.6. The van der Waals surface area contributed by atoms with Crippen molar-refractivity contribution in [3.05, 3.63) is 83.0 Å². The van der Waals surface area contributed by atoms with Crippen LogP contribution in [0.15, 0.2) is 60.8 Å². The Bertz CT molecular complexity index is 1130. The lowest BCUT2D eigenvalue weighted by Crippen LogP contribution is -2.10. The highest BCUT2D eigenvalue weighted by molar-refractivity contribution is 5.68. The molecule has 4 rings (SSSR count). The van der Waals surface area contributed by atoms with Crippen LogP contribution in [0.1, 0.15) is 54.9 Å². The lowest BCUT2D eigenvalue weighted by molar-refractivity contribution is -0.137. The molecular formula is C28H32N2O4. The predicted molar refractivity (Wildman–Crippen MR) is 133 cm³/mol. The Hall–Kier alpha value is -3.54. The smallest absolute Gasteiger partial charge is 0.303 e. The van der Waals surface area contributed by atoms with Crippen molar-refractivity contribution >= 4 is 11.8 Å². The highest BCUT2D eigenvalue weighted by atomic mass is 16.5. The largest absolute Gasteiger partial charge is 0.494 e. The van der Waals surface area contributed by atoms with Crippen LogP contribution in [-0.2, 0) is 17.6 Å². The van der Waals surface area contributed by atoms with Gasteiger partial charge in [-0.2, -0.15) is 0 Å². The van der Waals surface area contributed by atoms with Gasteiger partial charge in [-0.05, 0) is 79.5 Å². The van der Waals surface area contributed by atoms with E-state index in [1.165, 1.54) is 16.7 Å². The number of nitrogens with zero attached hydrogens (tertiary/aromatic N) is 1. The van der Waals surface area contributed by atoms with Crippen molar-refractivity contribution in [1.29, 1.82) is 0 Å². The third kappa shape index (κ3) is 6.28. The average molecular weight is 461 g/mol. The molecule has 0 aliphatic heterocycles. The highest BCUT2D eigenvalue weighted by Gasteiger charge is 2.24. The molecule has 0 radical (unpaired) electrons. The minimum Gasteiger partial charge on any atom is -0.494 e. The van der Waals surface area contributed by atoms with Gasteiger partial charge in [-0.15, -0.1) is 0 Å². The van der Waals surface area contributed by atoms with E-state index < -0.39 is 5.97 Å². The number of anilines is 1. The van der Waals surface area contributed by atoms with Crippen molar-refractivity contribution in [3.8, 4) is 11.5 Å². The number of rotatable bonds is 10. The third-order valence-corrected chi connectivity index (χ3v) is 5.94. The molecule has 178 valence electrons. The summed E-state index contributed by atoms with van der Waals surface area (Å²) < 4.78 is 11.7. The first-order chi connectivity index (χ1) is 16.5. The molecule has 1 aliphatic carbocycles. The van der Waals surface area contributed by atoms with Crippen molar-refractivity contribution in [3.63, 3.8) is 0 Å². The van der Waals surface area contributed by atoms with Gasteiger partial charge in [-0.1, -0.05) is 30.3 Å². The zero-order valence-electron chi connectivity index (χ0n) is 19.8. The van der Waals surface area contributed by atoms with Crippen molar-refractivity contribution < 1.29 is 19.4 Å². The van der Waals surface area contributed by atoms with Crippen LogP contribution in [0.5, 0.6) is 11.5 Å². The van der Waals surface area contributed by atoms with E-state index in [-0.39, 0.29) is 18.4 Å². The Labute approximate surface area is 201 Å². The SMILES string of the molecule is CC(C)Oc1ccnc(NCCCOc2ccc3c(c2)CC(CC(=O)O)c2ccccc2C3)c1. The van der Waals surface area contributed by atoms with E-state index in [1.807, 2.05) is 44.2 Å². The minimum atomic E-state index is -0.765. The standard InChI is InChI=1S/C28H32N2O4/c1-19(2)34-25-10-12-30-27(18-25)29-11-5-13-33-24-9-8-20-14-21-6-3-4-7-26(21)23(17-28(31)32)15-22(20)16-24/h3-4,6-10,12,16,18-19,23H,5,11,13-15,17H2,1-2H3,(H,29,30)(H,31,32). The molecule has 1 heterocycles. The number of fused-ring (bicyclic) bond motifs is 2. The molecular weight excluding hydrogens is 428 g/mol. The molecule has 0 saturated carbocycles. The van der Waals surface area contributed by atoms with Gasteiger partial charge in [0.05, 0.1) is 19.1 Å². The molecule has 2 N–H and O–H groups in total. The van der Waals surface area contributed by atoms with Crippen LogP contribution in [0.2, 0.25) is 0 Å². The van der Waals surface area contributed by atoms with Gasteiger partial charge in [0.1, 0.15) is 17.3 Å². The molecule has 1 aliphatic rings. The molecule has 1 atom stereocenters. The van der Waals surface area contributed by atoms with Crippen LogP contribution >= 0.6 is 0 Å². The Kier molecular flexibility index (Phi) is 7.68. The fourth-order valence-corrected chi connectivity index (χ4v) is 4.45. The number of hydrogen-bond donors (Lipinski definition) is 2. The topological polar surface area (TPSA) is 80.7 Å². The van der Waals surface area contributed by atoms with E-state index in [0.717, 1.165) is 42.3 Å². The quantitative estimate of drug-likeness (QED) is 0.391. The van der Waals surface area contributed by atoms with Gasteiger partial charge in [0.2, 0.25) is 0 Å². The number of aliphatic carboxylic acids is 1. The summed E-state index contributed by atoms with van der Waals surface area (Å²) in [5.74, 6) is 1.62. The number of ether oxygens (including phenoxy) is 2. The Morgan fingerprint density at radius 2 is 1.94 bits per heavy atom. The summed E-state index contributed by atoms with van der Waals surface area (Å²) in [4.78, 5) is 15.8. The number of hydrogen-bond acceptors (Lipinski definition) is 5. The predicted octanol–water partition coefficient (Wildman–Crippen LogP) is 5.46. The maximum absolute atomic E-state index is 11.5. The van der Waals surface area contributed by atoms with E-state index in [2.05, 4.69) is 34.6 Å². The molecule has 2 aromatic carbocycles. The summed E-state index contributed by atoms with van der Waals surface area (Å²) in [6.45, 7) is 5.31. The number of pyridine rings is 1. The fraction of sp³-hybridized carbons (Fsp3) is 0.357. The molecule has 34 heavy (non-hydrogen) atoms. The summed E-state index contributed by atoms with van der Waals surface area (Å²) >= 11 is 0. The zero-order valence-corrected chi connectivity index (χ0v) is 19.8. The number of carbonyl (C=O) groups is 1. The van der Waals surface area contributed by atoms with Crippen LogP contribution in [-0.4, -0.2) is 35.3 Å². The summed E-state index contributed by atoms with van der Waals surface area (Å²) in [5, 5.41) is 12.8. The maximum atomic E-state index is 11.5. The van der Waals surface area contributed by atoms with Gasteiger partial charge < -0.3 is 19.9 Å². The van der Waals surface area contributed by atoms with Gasteiger partial charge in [0.25, 0.3) is 0 Å². The molecule has 0 bridgehead atoms. The molecule has 0 spiro atoms. The molecule has 1 unspecified atom stereocenters. The molecule has 3 aromatic rings. The summed E-state index contributed by atoms with van der Waals surface area (Å²) in [5.41, 5.74) is 4.77. The zero-order chi connectivity index (χ0) is 23.9. The van der Waals surface area contributed by atoms with Gasteiger partial charge in [0.15, 0.2) is 0 Å². The Morgan fingerprint density at radius 3 is 2.76 bits per heavy atom. The monoisotopic (exact) mass is 460 g/mol. The van der Waals surface area contributed by atoms with E-state index in [1.54, 1.807) is 6.20 Å². The Morgan fingerprint density at radius 1 is 1.09 bits per heavy atom. The lowest BCUT2D eigenvalue weighted by Gasteiger charge is -2.16. The fourth-order valence-electron chi connectivity index (χ4n) is 4.45. The van der Waals surface area contributed by atoms with Crippen molar-refractivity contribution in [2.24, 2.45) is 0 Å². The lowest BCUT2D eigenvalue weighted by atomic mass is 9.89.